The molecule has 0 aliphatic rings. The van der Waals surface area contributed by atoms with Gasteiger partial charge in [-0.3, -0.25) is 14.9 Å². The second kappa shape index (κ2) is 10.1. The van der Waals surface area contributed by atoms with E-state index < -0.39 is 16.3 Å². The number of hydrogen-bond donors (Lipinski definition) is 1. The van der Waals surface area contributed by atoms with Crippen LogP contribution >= 0.6 is 11.8 Å². The number of aromatic nitrogens is 3. The van der Waals surface area contributed by atoms with Crippen molar-refractivity contribution in [3.05, 3.63) is 64.5 Å². The Morgan fingerprint density at radius 1 is 1.16 bits per heavy atom. The maximum absolute atomic E-state index is 12.6. The smallest absolute Gasteiger partial charge is 0.271 e. The fourth-order valence-corrected chi connectivity index (χ4v) is 3.72. The fourth-order valence-electron chi connectivity index (χ4n) is 2.89. The van der Waals surface area contributed by atoms with Crippen molar-refractivity contribution in [2.75, 3.05) is 12.4 Å². The van der Waals surface area contributed by atoms with E-state index in [1.54, 1.807) is 31.7 Å². The van der Waals surface area contributed by atoms with Gasteiger partial charge in [0, 0.05) is 24.9 Å². The third-order valence-corrected chi connectivity index (χ3v) is 5.71. The first kappa shape index (κ1) is 23.1. The van der Waals surface area contributed by atoms with Gasteiger partial charge in [-0.15, -0.1) is 10.2 Å². The third kappa shape index (κ3) is 5.35. The summed E-state index contributed by atoms with van der Waals surface area (Å²) in [6.45, 7) is 3.57. The first-order chi connectivity index (χ1) is 15.3. The summed E-state index contributed by atoms with van der Waals surface area (Å²) in [4.78, 5) is 23.0. The Morgan fingerprint density at radius 2 is 1.88 bits per heavy atom. The third-order valence-electron chi connectivity index (χ3n) is 4.58. The van der Waals surface area contributed by atoms with Gasteiger partial charge < -0.3 is 19.4 Å². The van der Waals surface area contributed by atoms with Crippen LogP contribution in [-0.2, 0) is 11.8 Å². The molecule has 168 valence electrons. The van der Waals surface area contributed by atoms with E-state index in [4.69, 9.17) is 9.47 Å². The number of nitrogens with one attached hydrogen (secondary N) is 1. The van der Waals surface area contributed by atoms with Gasteiger partial charge in [-0.2, -0.15) is 0 Å². The number of amides is 1. The summed E-state index contributed by atoms with van der Waals surface area (Å²) < 4.78 is 13.1. The fraction of sp³-hybridized carbons (Fsp3) is 0.286. The largest absolute Gasteiger partial charge is 0.493 e. The van der Waals surface area contributed by atoms with Crippen LogP contribution in [0.1, 0.15) is 25.8 Å². The minimum Gasteiger partial charge on any atom is -0.493 e. The number of rotatable bonds is 9. The molecule has 32 heavy (non-hydrogen) atoms. The SMILES string of the molecule is COc1ccccc1OC(C)c1nnc(SC(C)C(=O)Nc2cccc([N+](=O)[O-])c2)n1C. The number of nitro groups is 1. The Kier molecular flexibility index (Phi) is 7.31. The van der Waals surface area contributed by atoms with Crippen molar-refractivity contribution in [1.29, 1.82) is 0 Å². The maximum Gasteiger partial charge on any atom is 0.271 e. The molecule has 11 heteroatoms. The summed E-state index contributed by atoms with van der Waals surface area (Å²) in [5, 5.41) is 22.0. The number of carbonyl (C=O) groups excluding carboxylic acids is 1. The Balaban J connectivity index is 1.66. The average molecular weight is 458 g/mol. The Bertz CT molecular complexity index is 1120. The van der Waals surface area contributed by atoms with Gasteiger partial charge in [0.05, 0.1) is 17.3 Å². The molecule has 1 heterocycles. The van der Waals surface area contributed by atoms with Gasteiger partial charge in [-0.1, -0.05) is 30.0 Å². The molecule has 0 bridgehead atoms. The van der Waals surface area contributed by atoms with Crippen molar-refractivity contribution < 1.29 is 19.2 Å². The molecule has 1 aromatic heterocycles. The number of non-ortho nitro benzene ring substituents is 1. The average Bonchev–Trinajstić information content (AvgIpc) is 3.14. The van der Waals surface area contributed by atoms with E-state index >= 15 is 0 Å². The lowest BCUT2D eigenvalue weighted by Crippen LogP contribution is -2.23. The normalized spacial score (nSPS) is 12.6. The molecule has 0 fully saturated rings. The zero-order valence-corrected chi connectivity index (χ0v) is 18.8. The Morgan fingerprint density at radius 3 is 2.56 bits per heavy atom. The van der Waals surface area contributed by atoms with Crippen LogP contribution in [0.3, 0.4) is 0 Å². The lowest BCUT2D eigenvalue weighted by molar-refractivity contribution is -0.384. The monoisotopic (exact) mass is 457 g/mol. The van der Waals surface area contributed by atoms with E-state index in [9.17, 15) is 14.9 Å². The highest BCUT2D eigenvalue weighted by molar-refractivity contribution is 8.00. The molecule has 1 amide bonds. The second-order valence-corrected chi connectivity index (χ2v) is 8.18. The van der Waals surface area contributed by atoms with Crippen molar-refractivity contribution in [3.8, 4) is 11.5 Å². The molecule has 2 atom stereocenters. The summed E-state index contributed by atoms with van der Waals surface area (Å²) in [6.07, 6.45) is -0.410. The van der Waals surface area contributed by atoms with E-state index in [0.717, 1.165) is 0 Å². The van der Waals surface area contributed by atoms with Crippen LogP contribution < -0.4 is 14.8 Å². The van der Waals surface area contributed by atoms with Crippen LogP contribution in [0.4, 0.5) is 11.4 Å². The van der Waals surface area contributed by atoms with E-state index in [-0.39, 0.29) is 11.6 Å². The standard InChI is InChI=1S/C21H23N5O5S/c1-13(31-18-11-6-5-10-17(18)30-4)19-23-24-21(25(19)3)32-14(2)20(27)22-15-8-7-9-16(12-15)26(28)29/h5-14H,1-4H3,(H,22,27). The molecule has 0 saturated carbocycles. The number of thioether (sulfide) groups is 1. The van der Waals surface area contributed by atoms with Crippen LogP contribution in [0.25, 0.3) is 0 Å². The van der Waals surface area contributed by atoms with E-state index in [2.05, 4.69) is 15.5 Å². The molecule has 0 aliphatic carbocycles. The molecule has 3 rings (SSSR count). The van der Waals surface area contributed by atoms with E-state index in [1.807, 2.05) is 31.2 Å². The number of carbonyl (C=O) groups is 1. The van der Waals surface area contributed by atoms with Gasteiger partial charge in [0.2, 0.25) is 5.91 Å². The number of anilines is 1. The minimum absolute atomic E-state index is 0.0925. The molecular weight excluding hydrogens is 434 g/mol. The molecule has 0 aliphatic heterocycles. The Labute approximate surface area is 189 Å². The highest BCUT2D eigenvalue weighted by atomic mass is 32.2. The summed E-state index contributed by atoms with van der Waals surface area (Å²) in [7, 11) is 3.37. The highest BCUT2D eigenvalue weighted by Crippen LogP contribution is 2.31. The van der Waals surface area contributed by atoms with Gasteiger partial charge in [0.25, 0.3) is 5.69 Å². The van der Waals surface area contributed by atoms with Crippen molar-refractivity contribution in [2.45, 2.75) is 30.4 Å². The van der Waals surface area contributed by atoms with Gasteiger partial charge in [0.1, 0.15) is 0 Å². The predicted molar refractivity (Wildman–Crippen MR) is 120 cm³/mol. The van der Waals surface area contributed by atoms with Gasteiger partial charge in [0.15, 0.2) is 28.6 Å². The number of para-hydroxylation sites is 2. The Hall–Kier alpha value is -3.60. The molecule has 2 unspecified atom stereocenters. The zero-order valence-electron chi connectivity index (χ0n) is 18.0. The van der Waals surface area contributed by atoms with Crippen molar-refractivity contribution >= 4 is 29.0 Å². The van der Waals surface area contributed by atoms with Crippen LogP contribution in [0.5, 0.6) is 11.5 Å². The number of nitrogens with zero attached hydrogens (tertiary/aromatic N) is 4. The molecule has 0 spiro atoms. The minimum atomic E-state index is -0.518. The van der Waals surface area contributed by atoms with Crippen LogP contribution in [-0.4, -0.2) is 38.0 Å². The van der Waals surface area contributed by atoms with Crippen molar-refractivity contribution in [3.63, 3.8) is 0 Å². The summed E-state index contributed by atoms with van der Waals surface area (Å²) in [5.74, 6) is 1.48. The maximum atomic E-state index is 12.6. The zero-order chi connectivity index (χ0) is 23.3. The second-order valence-electron chi connectivity index (χ2n) is 6.87. The molecular formula is C21H23N5O5S. The van der Waals surface area contributed by atoms with Crippen LogP contribution in [0.15, 0.2) is 53.7 Å². The number of benzene rings is 2. The van der Waals surface area contributed by atoms with Crippen molar-refractivity contribution in [1.82, 2.24) is 14.8 Å². The lowest BCUT2D eigenvalue weighted by atomic mass is 10.2. The lowest BCUT2D eigenvalue weighted by Gasteiger charge is -2.16. The van der Waals surface area contributed by atoms with Crippen LogP contribution in [0, 0.1) is 10.1 Å². The molecule has 0 radical (unpaired) electrons. The number of hydrogen-bond acceptors (Lipinski definition) is 8. The van der Waals surface area contributed by atoms with Gasteiger partial charge in [-0.25, -0.2) is 0 Å². The summed E-state index contributed by atoms with van der Waals surface area (Å²) in [5.41, 5.74) is 0.263. The van der Waals surface area contributed by atoms with Crippen LogP contribution in [0.2, 0.25) is 0 Å². The first-order valence-electron chi connectivity index (χ1n) is 9.71. The van der Waals surface area contributed by atoms with Gasteiger partial charge >= 0.3 is 0 Å². The highest BCUT2D eigenvalue weighted by Gasteiger charge is 2.22. The quantitative estimate of drug-likeness (QED) is 0.291. The van der Waals surface area contributed by atoms with E-state index in [1.165, 1.54) is 30.0 Å². The molecule has 10 nitrogen and oxygen atoms in total. The molecule has 1 N–H and O–H groups in total. The van der Waals surface area contributed by atoms with E-state index in [0.29, 0.717) is 28.2 Å². The number of ether oxygens (including phenoxy) is 2. The topological polar surface area (TPSA) is 121 Å². The predicted octanol–water partition coefficient (Wildman–Crippen LogP) is 3.99. The number of methoxy groups -OCH3 is 1. The number of nitro benzene ring substituents is 1. The molecule has 2 aromatic carbocycles. The first-order valence-corrected chi connectivity index (χ1v) is 10.6. The van der Waals surface area contributed by atoms with Crippen molar-refractivity contribution in [2.24, 2.45) is 7.05 Å². The molecule has 0 saturated heterocycles. The molecule has 3 aromatic rings. The summed E-state index contributed by atoms with van der Waals surface area (Å²) >= 11 is 1.22. The van der Waals surface area contributed by atoms with Gasteiger partial charge in [-0.05, 0) is 32.0 Å². The summed E-state index contributed by atoms with van der Waals surface area (Å²) in [6, 6.07) is 13.1.